The van der Waals surface area contributed by atoms with E-state index in [-0.39, 0.29) is 0 Å². The van der Waals surface area contributed by atoms with Gasteiger partial charge in [-0.1, -0.05) is 0 Å². The fraction of sp³-hybridized carbons (Fsp3) is 0.538. The lowest BCUT2D eigenvalue weighted by Crippen LogP contribution is -2.12. The average molecular weight is 1180 g/mol. The Bertz CT molecular complexity index is 2150. The van der Waals surface area contributed by atoms with Crippen molar-refractivity contribution >= 4 is 0 Å². The molecule has 0 amide bonds. The number of hydrogen-bond donors (Lipinski definition) is 10. The molecule has 0 radical (unpaired) electrons. The zero-order valence-corrected chi connectivity index (χ0v) is 50.4. The predicted octanol–water partition coefficient (Wildman–Crippen LogP) is 5.23. The van der Waals surface area contributed by atoms with Crippen LogP contribution in [0.3, 0.4) is 0 Å². The fourth-order valence-corrected chi connectivity index (χ4v) is 9.63. The minimum Gasteiger partial charge on any atom is -0.493 e. The maximum absolute atomic E-state index is 6.73. The summed E-state index contributed by atoms with van der Waals surface area (Å²) in [5.74, 6) is 6.68. The summed E-state index contributed by atoms with van der Waals surface area (Å²) in [6.45, 7) is 8.35. The van der Waals surface area contributed by atoms with Crippen molar-refractivity contribution in [3.63, 3.8) is 0 Å². The van der Waals surface area contributed by atoms with Gasteiger partial charge in [0.1, 0.15) is 57.5 Å². The van der Waals surface area contributed by atoms with Crippen LogP contribution in [0.2, 0.25) is 0 Å². The third-order valence-electron chi connectivity index (χ3n) is 14.2. The smallest absolute Gasteiger partial charge is 0.123 e. The van der Waals surface area contributed by atoms with Gasteiger partial charge in [0.05, 0.1) is 66.1 Å². The molecule has 85 heavy (non-hydrogen) atoms. The van der Waals surface area contributed by atoms with Gasteiger partial charge in [-0.15, -0.1) is 0 Å². The molecule has 0 aliphatic heterocycles. The molecule has 15 rings (SSSR count). The van der Waals surface area contributed by atoms with Crippen molar-refractivity contribution in [2.24, 2.45) is 57.3 Å². The molecule has 10 aliphatic rings. The lowest BCUT2D eigenvalue weighted by atomic mass is 9.94. The first kappa shape index (κ1) is 67.8. The highest BCUT2D eigenvalue weighted by Gasteiger charge is 2.25. The highest BCUT2D eigenvalue weighted by molar-refractivity contribution is 5.60. The molecule has 20 nitrogen and oxygen atoms in total. The van der Waals surface area contributed by atoms with E-state index in [1.54, 1.807) is 0 Å². The highest BCUT2D eigenvalue weighted by Crippen LogP contribution is 2.43. The van der Waals surface area contributed by atoms with Crippen LogP contribution in [-0.2, 0) is 32.1 Å². The third kappa shape index (κ3) is 21.6. The standard InChI is InChI=1S/C65H100N10O10/c66-11-1-21-76-56-36-47-32-49-39-61(81-26-6-16-71)51(41-60(49)80-25-5-15-70)34-53-43-65(85-30-10-20-75)55(45-64(53)84-29-9-19-74)35-54-44-62(82-27-7-17-72)52(42-63(54)83-28-8-18-73)33-50-40-58(78-23-3-13-68)48(38-59(50)79-24-4-14-69)31-46(56)37-57(47)77-22-2-12-67/h36-45H,1-35,66-75H2. The monoisotopic (exact) mass is 1180 g/mol. The topological polar surface area (TPSA) is 352 Å². The average Bonchev–Trinajstić information content (AvgIpc) is 3.62. The molecule has 10 bridgehead atoms. The Morgan fingerprint density at radius 1 is 0.176 bits per heavy atom. The van der Waals surface area contributed by atoms with Gasteiger partial charge in [0, 0.05) is 87.7 Å². The number of ether oxygens (including phenoxy) is 10. The lowest BCUT2D eigenvalue weighted by molar-refractivity contribution is 0.295. The molecule has 470 valence electrons. The van der Waals surface area contributed by atoms with Crippen LogP contribution in [0.4, 0.5) is 0 Å². The minimum absolute atomic E-state index is 0.384. The fourth-order valence-electron chi connectivity index (χ4n) is 9.63. The summed E-state index contributed by atoms with van der Waals surface area (Å²) in [5.41, 5.74) is 69.5. The normalized spacial score (nSPS) is 12.1. The molecule has 0 spiro atoms. The molecule has 5 aromatic carbocycles. The van der Waals surface area contributed by atoms with Crippen LogP contribution in [0.5, 0.6) is 57.5 Å². The van der Waals surface area contributed by atoms with Crippen LogP contribution in [0.15, 0.2) is 60.7 Å². The molecule has 10 aliphatic carbocycles. The Hall–Kier alpha value is -6.30. The molecule has 20 heteroatoms. The number of benzene rings is 5. The first-order chi connectivity index (χ1) is 41.7. The minimum atomic E-state index is 0.384. The van der Waals surface area contributed by atoms with E-state index >= 15 is 0 Å². The molecule has 20 N–H and O–H groups in total. The lowest BCUT2D eigenvalue weighted by Gasteiger charge is -2.22. The molecule has 0 saturated heterocycles. The van der Waals surface area contributed by atoms with Crippen LogP contribution in [0.1, 0.15) is 120 Å². The second-order valence-electron chi connectivity index (χ2n) is 21.1. The second kappa shape index (κ2) is 38.7. The molecular formula is C65H100N10O10. The molecule has 0 atom stereocenters. The van der Waals surface area contributed by atoms with Crippen molar-refractivity contribution in [3.8, 4) is 57.5 Å². The predicted molar refractivity (Wildman–Crippen MR) is 338 cm³/mol. The molecule has 0 saturated carbocycles. The van der Waals surface area contributed by atoms with E-state index in [0.29, 0.717) is 285 Å². The maximum atomic E-state index is 6.73. The van der Waals surface area contributed by atoms with Gasteiger partial charge >= 0.3 is 0 Å². The van der Waals surface area contributed by atoms with Crippen molar-refractivity contribution in [2.75, 3.05) is 132 Å². The van der Waals surface area contributed by atoms with E-state index in [4.69, 9.17) is 105 Å². The van der Waals surface area contributed by atoms with E-state index in [1.807, 2.05) is 0 Å². The molecule has 0 aromatic heterocycles. The summed E-state index contributed by atoms with van der Waals surface area (Å²) < 4.78 is 67.3. The van der Waals surface area contributed by atoms with Gasteiger partial charge < -0.3 is 105 Å². The Kier molecular flexibility index (Phi) is 30.9. The first-order valence-electron chi connectivity index (χ1n) is 30.8. The van der Waals surface area contributed by atoms with Crippen LogP contribution in [0, 0.1) is 0 Å². The highest BCUT2D eigenvalue weighted by atomic mass is 16.5. The van der Waals surface area contributed by atoms with E-state index in [1.165, 1.54) is 0 Å². The van der Waals surface area contributed by atoms with Crippen molar-refractivity contribution < 1.29 is 47.4 Å². The first-order valence-corrected chi connectivity index (χ1v) is 30.8. The van der Waals surface area contributed by atoms with E-state index in [2.05, 4.69) is 60.7 Å². The summed E-state index contributed by atoms with van der Waals surface area (Å²) in [4.78, 5) is 0. The van der Waals surface area contributed by atoms with Gasteiger partial charge in [0.15, 0.2) is 0 Å². The summed E-state index contributed by atoms with van der Waals surface area (Å²) >= 11 is 0. The van der Waals surface area contributed by atoms with Crippen LogP contribution in [0.25, 0.3) is 0 Å². The summed E-state index contributed by atoms with van der Waals surface area (Å²) in [5, 5.41) is 0. The van der Waals surface area contributed by atoms with Gasteiger partial charge in [0.25, 0.3) is 0 Å². The Morgan fingerprint density at radius 2 is 0.271 bits per heavy atom. The quantitative estimate of drug-likeness (QED) is 0.0220. The van der Waals surface area contributed by atoms with Gasteiger partial charge in [-0.25, -0.2) is 0 Å². The van der Waals surface area contributed by atoms with Gasteiger partial charge in [-0.05, 0) is 190 Å². The third-order valence-corrected chi connectivity index (χ3v) is 14.2. The zero-order valence-electron chi connectivity index (χ0n) is 50.4. The number of rotatable bonds is 40. The van der Waals surface area contributed by atoms with E-state index < -0.39 is 0 Å². The summed E-state index contributed by atoms with van der Waals surface area (Å²) in [6.07, 6.45) is 8.28. The second-order valence-corrected chi connectivity index (χ2v) is 21.1. The Labute approximate surface area is 504 Å². The van der Waals surface area contributed by atoms with Gasteiger partial charge in [0.2, 0.25) is 0 Å². The van der Waals surface area contributed by atoms with Crippen molar-refractivity contribution in [1.29, 1.82) is 0 Å². The Balaban J connectivity index is 1.75. The van der Waals surface area contributed by atoms with Crippen molar-refractivity contribution in [1.82, 2.24) is 0 Å². The number of hydrogen-bond acceptors (Lipinski definition) is 20. The van der Waals surface area contributed by atoms with Gasteiger partial charge in [-0.3, -0.25) is 0 Å². The molecular weight excluding hydrogens is 1080 g/mol. The molecule has 0 fully saturated rings. The van der Waals surface area contributed by atoms with Crippen LogP contribution >= 0.6 is 0 Å². The molecule has 5 aromatic rings. The SMILES string of the molecule is NCCCOc1cc2c(OCCCN)cc1Cc1cc(OCCCN)c(cc1OCCCN)Cc1cc(OCCCN)c(cc1OCCCN)Cc1cc(OCCCN)c(cc1OCCCN)Cc1cc(OCCCN)c(cc1OCCCN)C2. The number of nitrogens with two attached hydrogens (primary N) is 10. The summed E-state index contributed by atoms with van der Waals surface area (Å²) in [7, 11) is 0. The van der Waals surface area contributed by atoms with E-state index in [0.717, 1.165) is 55.6 Å². The molecule has 0 unspecified atom stereocenters. The van der Waals surface area contributed by atoms with E-state index in [9.17, 15) is 0 Å². The molecule has 0 heterocycles. The largest absolute Gasteiger partial charge is 0.493 e. The van der Waals surface area contributed by atoms with Crippen molar-refractivity contribution in [2.45, 2.75) is 96.3 Å². The van der Waals surface area contributed by atoms with Gasteiger partial charge in [-0.2, -0.15) is 0 Å². The maximum Gasteiger partial charge on any atom is 0.123 e. The Morgan fingerprint density at radius 3 is 0.353 bits per heavy atom. The zero-order chi connectivity index (χ0) is 60.4. The van der Waals surface area contributed by atoms with Crippen molar-refractivity contribution in [3.05, 3.63) is 116 Å². The van der Waals surface area contributed by atoms with Crippen LogP contribution in [-0.4, -0.2) is 132 Å². The summed E-state index contributed by atoms with van der Waals surface area (Å²) in [6, 6.07) is 20.7. The van der Waals surface area contributed by atoms with Crippen LogP contribution < -0.4 is 105 Å².